The molecule has 0 N–H and O–H groups in total. The Morgan fingerprint density at radius 1 is 1.16 bits per heavy atom. The average Bonchev–Trinajstić information content (AvgIpc) is 3.55. The summed E-state index contributed by atoms with van der Waals surface area (Å²) in [5.41, 5.74) is 3.27. The molecule has 0 spiro atoms. The zero-order valence-corrected chi connectivity index (χ0v) is 22.8. The van der Waals surface area contributed by atoms with E-state index in [4.69, 9.17) is 22.1 Å². The summed E-state index contributed by atoms with van der Waals surface area (Å²) in [5, 5.41) is 4.84. The minimum atomic E-state index is -3.14. The molecule has 0 radical (unpaired) electrons. The van der Waals surface area contributed by atoms with Crippen LogP contribution in [0.1, 0.15) is 31.7 Å². The largest absolute Gasteiger partial charge is 0.494 e. The summed E-state index contributed by atoms with van der Waals surface area (Å²) in [7, 11) is -3.14. The van der Waals surface area contributed by atoms with E-state index in [1.165, 1.54) is 16.7 Å². The number of rotatable bonds is 8. The Labute approximate surface area is 226 Å². The molecule has 0 aliphatic carbocycles. The Morgan fingerprint density at radius 3 is 2.59 bits per heavy atom. The van der Waals surface area contributed by atoms with E-state index < -0.39 is 15.9 Å². The summed E-state index contributed by atoms with van der Waals surface area (Å²) >= 11 is 6.69. The molecule has 7 nitrogen and oxygen atoms in total. The van der Waals surface area contributed by atoms with Gasteiger partial charge in [0.2, 0.25) is 0 Å². The van der Waals surface area contributed by atoms with Gasteiger partial charge in [-0.1, -0.05) is 55.5 Å². The number of amides is 1. The SMILES string of the molecule is CCCCOc1ccc(-c2nn(-c3ccccc3)cc2/C=C2\SC(=S)N(C3CCS(=O)(=O)C3)C2=O)cc1. The minimum absolute atomic E-state index is 0.0451. The van der Waals surface area contributed by atoms with E-state index in [9.17, 15) is 13.2 Å². The molecule has 2 fully saturated rings. The van der Waals surface area contributed by atoms with Crippen LogP contribution in [-0.2, 0) is 14.6 Å². The van der Waals surface area contributed by atoms with E-state index >= 15 is 0 Å². The third kappa shape index (κ3) is 5.66. The van der Waals surface area contributed by atoms with E-state index in [1.807, 2.05) is 60.8 Å². The van der Waals surface area contributed by atoms with E-state index in [2.05, 4.69) is 6.92 Å². The van der Waals surface area contributed by atoms with Crippen LogP contribution in [0.15, 0.2) is 65.7 Å². The van der Waals surface area contributed by atoms with Crippen LogP contribution in [0.5, 0.6) is 5.75 Å². The van der Waals surface area contributed by atoms with Gasteiger partial charge in [-0.25, -0.2) is 13.1 Å². The highest BCUT2D eigenvalue weighted by molar-refractivity contribution is 8.26. The lowest BCUT2D eigenvalue weighted by Crippen LogP contribution is -2.39. The van der Waals surface area contributed by atoms with Gasteiger partial charge in [-0.15, -0.1) is 0 Å². The molecule has 37 heavy (non-hydrogen) atoms. The topological polar surface area (TPSA) is 81.5 Å². The van der Waals surface area contributed by atoms with Crippen molar-refractivity contribution in [1.29, 1.82) is 0 Å². The first kappa shape index (κ1) is 25.7. The molecular formula is C27H27N3O4S3. The molecule has 2 aliphatic rings. The summed E-state index contributed by atoms with van der Waals surface area (Å²) < 4.78 is 32.0. The molecule has 1 aromatic heterocycles. The number of hydrogen-bond donors (Lipinski definition) is 0. The Hall–Kier alpha value is -2.95. The molecule has 2 saturated heterocycles. The molecule has 2 aliphatic heterocycles. The first-order chi connectivity index (χ1) is 17.8. The molecule has 192 valence electrons. The van der Waals surface area contributed by atoms with Crippen molar-refractivity contribution in [1.82, 2.24) is 14.7 Å². The lowest BCUT2D eigenvalue weighted by atomic mass is 10.1. The highest BCUT2D eigenvalue weighted by Crippen LogP contribution is 2.38. The van der Waals surface area contributed by atoms with Crippen molar-refractivity contribution in [3.63, 3.8) is 0 Å². The fraction of sp³-hybridized carbons (Fsp3) is 0.296. The van der Waals surface area contributed by atoms with Crippen molar-refractivity contribution in [2.24, 2.45) is 0 Å². The van der Waals surface area contributed by atoms with Gasteiger partial charge in [0, 0.05) is 17.3 Å². The molecule has 1 amide bonds. The Bertz CT molecular complexity index is 1450. The van der Waals surface area contributed by atoms with Crippen LogP contribution in [0.3, 0.4) is 0 Å². The molecule has 5 rings (SSSR count). The van der Waals surface area contributed by atoms with Crippen LogP contribution >= 0.6 is 24.0 Å². The van der Waals surface area contributed by atoms with Crippen molar-refractivity contribution >= 4 is 50.1 Å². The van der Waals surface area contributed by atoms with Gasteiger partial charge < -0.3 is 4.74 Å². The van der Waals surface area contributed by atoms with Crippen LogP contribution < -0.4 is 4.74 Å². The Morgan fingerprint density at radius 2 is 1.92 bits per heavy atom. The first-order valence-electron chi connectivity index (χ1n) is 12.2. The van der Waals surface area contributed by atoms with Crippen LogP contribution in [0, 0.1) is 0 Å². The number of thiocarbonyl (C=S) groups is 1. The van der Waals surface area contributed by atoms with Gasteiger partial charge in [0.25, 0.3) is 5.91 Å². The van der Waals surface area contributed by atoms with Crippen molar-refractivity contribution < 1.29 is 17.9 Å². The van der Waals surface area contributed by atoms with Gasteiger partial charge in [0.1, 0.15) is 10.1 Å². The van der Waals surface area contributed by atoms with E-state index in [0.717, 1.165) is 41.1 Å². The zero-order valence-electron chi connectivity index (χ0n) is 20.4. The third-order valence-electron chi connectivity index (χ3n) is 6.34. The highest BCUT2D eigenvalue weighted by Gasteiger charge is 2.42. The second kappa shape index (κ2) is 10.8. The fourth-order valence-electron chi connectivity index (χ4n) is 4.39. The molecule has 1 atom stereocenters. The summed E-state index contributed by atoms with van der Waals surface area (Å²) in [6.07, 6.45) is 6.17. The third-order valence-corrected chi connectivity index (χ3v) is 9.42. The lowest BCUT2D eigenvalue weighted by Gasteiger charge is -2.20. The zero-order chi connectivity index (χ0) is 26.0. The molecule has 10 heteroatoms. The van der Waals surface area contributed by atoms with E-state index in [-0.39, 0.29) is 17.4 Å². The molecule has 3 heterocycles. The Balaban J connectivity index is 1.48. The van der Waals surface area contributed by atoms with E-state index in [0.29, 0.717) is 22.3 Å². The predicted molar refractivity (Wildman–Crippen MR) is 151 cm³/mol. The smallest absolute Gasteiger partial charge is 0.266 e. The Kier molecular flexibility index (Phi) is 7.50. The number of aromatic nitrogens is 2. The van der Waals surface area contributed by atoms with Gasteiger partial charge in [0.15, 0.2) is 9.84 Å². The number of nitrogens with zero attached hydrogens (tertiary/aromatic N) is 3. The maximum atomic E-state index is 13.3. The normalized spacial score (nSPS) is 20.2. The number of benzene rings is 2. The highest BCUT2D eigenvalue weighted by atomic mass is 32.2. The lowest BCUT2D eigenvalue weighted by molar-refractivity contribution is -0.123. The molecule has 3 aromatic rings. The molecule has 0 saturated carbocycles. The number of carbonyl (C=O) groups is 1. The number of thioether (sulfide) groups is 1. The van der Waals surface area contributed by atoms with Gasteiger partial charge in [0.05, 0.1) is 40.4 Å². The summed E-state index contributed by atoms with van der Waals surface area (Å²) in [5.74, 6) is 0.583. The van der Waals surface area contributed by atoms with Crippen LogP contribution in [-0.4, -0.2) is 57.5 Å². The fourth-order valence-corrected chi connectivity index (χ4v) is 7.48. The van der Waals surface area contributed by atoms with E-state index in [1.54, 1.807) is 10.8 Å². The molecule has 1 unspecified atom stereocenters. The maximum absolute atomic E-state index is 13.3. The van der Waals surface area contributed by atoms with Gasteiger partial charge in [-0.05, 0) is 55.3 Å². The maximum Gasteiger partial charge on any atom is 0.266 e. The van der Waals surface area contributed by atoms with Gasteiger partial charge in [-0.3, -0.25) is 9.69 Å². The van der Waals surface area contributed by atoms with Gasteiger partial charge >= 0.3 is 0 Å². The summed E-state index contributed by atoms with van der Waals surface area (Å²) in [6.45, 7) is 2.80. The van der Waals surface area contributed by atoms with Crippen LogP contribution in [0.4, 0.5) is 0 Å². The summed E-state index contributed by atoms with van der Waals surface area (Å²) in [6, 6.07) is 17.1. The second-order valence-electron chi connectivity index (χ2n) is 9.05. The standard InChI is InChI=1S/C27H27N3O4S3/c1-2-3-14-34-23-11-9-19(10-12-23)25-20(17-29(28-25)21-7-5-4-6-8-21)16-24-26(31)30(27(35)36-24)22-13-15-37(32,33)18-22/h4-12,16-17,22H,2-3,13-15,18H2,1H3/b24-16-. The number of para-hydroxylation sites is 1. The van der Waals surface area contributed by atoms with Crippen molar-refractivity contribution in [2.75, 3.05) is 18.1 Å². The minimum Gasteiger partial charge on any atom is -0.494 e. The van der Waals surface area contributed by atoms with Crippen LogP contribution in [0.2, 0.25) is 0 Å². The number of carbonyl (C=O) groups excluding carboxylic acids is 1. The molecule has 2 aromatic carbocycles. The number of ether oxygens (including phenoxy) is 1. The second-order valence-corrected chi connectivity index (χ2v) is 13.0. The summed E-state index contributed by atoms with van der Waals surface area (Å²) in [4.78, 5) is 15.3. The van der Waals surface area contributed by atoms with Crippen molar-refractivity contribution in [3.8, 4) is 22.7 Å². The number of hydrogen-bond acceptors (Lipinski definition) is 7. The quantitative estimate of drug-likeness (QED) is 0.218. The first-order valence-corrected chi connectivity index (χ1v) is 15.2. The number of unbranched alkanes of at least 4 members (excludes halogenated alkanes) is 1. The van der Waals surface area contributed by atoms with Crippen LogP contribution in [0.25, 0.3) is 23.0 Å². The van der Waals surface area contributed by atoms with Crippen molar-refractivity contribution in [3.05, 3.63) is 71.3 Å². The van der Waals surface area contributed by atoms with Crippen molar-refractivity contribution in [2.45, 2.75) is 32.2 Å². The number of sulfone groups is 1. The predicted octanol–water partition coefficient (Wildman–Crippen LogP) is 5.11. The average molecular weight is 554 g/mol. The monoisotopic (exact) mass is 553 g/mol. The molecule has 0 bridgehead atoms. The molecular weight excluding hydrogens is 527 g/mol. The van der Waals surface area contributed by atoms with Gasteiger partial charge in [-0.2, -0.15) is 5.10 Å².